The molecule has 8 heteroatoms. The molecule has 0 bridgehead atoms. The lowest BCUT2D eigenvalue weighted by molar-refractivity contribution is 0.158. The SMILES string of the molecule is Cc1cc(CN(Cc2cn(C)c3ccccc3c2=O)[C@H]2CCCN(c3ccnc(Cl)n3)C2)ccn1. The minimum absolute atomic E-state index is 0.102. The molecule has 5 rings (SSSR count). The summed E-state index contributed by atoms with van der Waals surface area (Å²) >= 11 is 6.07. The fourth-order valence-corrected chi connectivity index (χ4v) is 5.20. The average Bonchev–Trinajstić information content (AvgIpc) is 2.87. The van der Waals surface area contributed by atoms with Crippen LogP contribution in [0.5, 0.6) is 0 Å². The van der Waals surface area contributed by atoms with Gasteiger partial charge < -0.3 is 9.47 Å². The fourth-order valence-electron chi connectivity index (χ4n) is 5.05. The van der Waals surface area contributed by atoms with Crippen molar-refractivity contribution in [2.24, 2.45) is 7.05 Å². The molecule has 0 unspecified atom stereocenters. The number of hydrogen-bond donors (Lipinski definition) is 0. The molecule has 0 aliphatic carbocycles. The summed E-state index contributed by atoms with van der Waals surface area (Å²) in [4.78, 5) is 30.9. The molecule has 0 saturated carbocycles. The van der Waals surface area contributed by atoms with Gasteiger partial charge in [0.05, 0.1) is 5.52 Å². The largest absolute Gasteiger partial charge is 0.355 e. The summed E-state index contributed by atoms with van der Waals surface area (Å²) < 4.78 is 2.05. The Labute approximate surface area is 210 Å². The van der Waals surface area contributed by atoms with Crippen LogP contribution in [0.4, 0.5) is 5.82 Å². The smallest absolute Gasteiger partial charge is 0.224 e. The van der Waals surface area contributed by atoms with Crippen molar-refractivity contribution < 1.29 is 0 Å². The molecule has 1 atom stereocenters. The zero-order chi connectivity index (χ0) is 24.4. The lowest BCUT2D eigenvalue weighted by atomic mass is 10.0. The van der Waals surface area contributed by atoms with E-state index in [4.69, 9.17) is 11.6 Å². The molecule has 180 valence electrons. The van der Waals surface area contributed by atoms with E-state index in [0.29, 0.717) is 6.54 Å². The predicted octanol–water partition coefficient (Wildman–Crippen LogP) is 4.36. The zero-order valence-electron chi connectivity index (χ0n) is 20.1. The van der Waals surface area contributed by atoms with E-state index in [1.54, 1.807) is 6.20 Å². The van der Waals surface area contributed by atoms with Crippen molar-refractivity contribution >= 4 is 28.3 Å². The highest BCUT2D eigenvalue weighted by Gasteiger charge is 2.27. The van der Waals surface area contributed by atoms with E-state index < -0.39 is 0 Å². The van der Waals surface area contributed by atoms with E-state index in [0.717, 1.165) is 60.5 Å². The molecule has 1 aromatic carbocycles. The number of para-hydroxylation sites is 1. The molecule has 1 fully saturated rings. The highest BCUT2D eigenvalue weighted by molar-refractivity contribution is 6.28. The molecular weight excluding hydrogens is 460 g/mol. The van der Waals surface area contributed by atoms with Crippen LogP contribution in [0.3, 0.4) is 0 Å². The number of rotatable bonds is 6. The van der Waals surface area contributed by atoms with Gasteiger partial charge in [-0.25, -0.2) is 9.97 Å². The van der Waals surface area contributed by atoms with Gasteiger partial charge in [-0.3, -0.25) is 14.7 Å². The van der Waals surface area contributed by atoms with Gasteiger partial charge in [-0.05, 0) is 67.3 Å². The van der Waals surface area contributed by atoms with Crippen molar-refractivity contribution in [1.82, 2.24) is 24.4 Å². The number of nitrogens with zero attached hydrogens (tertiary/aromatic N) is 6. The molecule has 0 N–H and O–H groups in total. The number of aromatic nitrogens is 4. The monoisotopic (exact) mass is 488 g/mol. The number of piperidine rings is 1. The minimum Gasteiger partial charge on any atom is -0.355 e. The van der Waals surface area contributed by atoms with Crippen molar-refractivity contribution in [1.29, 1.82) is 0 Å². The van der Waals surface area contributed by atoms with Crippen LogP contribution in [0, 0.1) is 6.92 Å². The molecule has 4 heterocycles. The van der Waals surface area contributed by atoms with Crippen LogP contribution in [-0.4, -0.2) is 43.6 Å². The zero-order valence-corrected chi connectivity index (χ0v) is 20.8. The van der Waals surface area contributed by atoms with Crippen molar-refractivity contribution in [2.75, 3.05) is 18.0 Å². The topological polar surface area (TPSA) is 67.2 Å². The molecule has 0 radical (unpaired) electrons. The van der Waals surface area contributed by atoms with Crippen LogP contribution >= 0.6 is 11.6 Å². The Hall–Kier alpha value is -3.29. The number of pyridine rings is 2. The molecule has 4 aromatic rings. The van der Waals surface area contributed by atoms with Crippen molar-refractivity contribution in [3.05, 3.63) is 93.4 Å². The maximum atomic E-state index is 13.4. The number of halogens is 1. The normalized spacial score (nSPS) is 16.2. The maximum absolute atomic E-state index is 13.4. The summed E-state index contributed by atoms with van der Waals surface area (Å²) in [5, 5.41) is 1.02. The molecule has 0 amide bonds. The van der Waals surface area contributed by atoms with Crippen LogP contribution in [0.25, 0.3) is 10.9 Å². The number of fused-ring (bicyclic) bond motifs is 1. The van der Waals surface area contributed by atoms with Crippen LogP contribution < -0.4 is 10.3 Å². The molecule has 35 heavy (non-hydrogen) atoms. The Morgan fingerprint density at radius 3 is 2.77 bits per heavy atom. The maximum Gasteiger partial charge on any atom is 0.224 e. The van der Waals surface area contributed by atoms with Gasteiger partial charge in [0, 0.05) is 74.5 Å². The van der Waals surface area contributed by atoms with Gasteiger partial charge in [0.2, 0.25) is 5.28 Å². The Kier molecular flexibility index (Phi) is 6.79. The molecule has 0 spiro atoms. The summed E-state index contributed by atoms with van der Waals surface area (Å²) in [6.45, 7) is 5.05. The van der Waals surface area contributed by atoms with E-state index >= 15 is 0 Å². The quantitative estimate of drug-likeness (QED) is 0.376. The number of benzene rings is 1. The molecule has 7 nitrogen and oxygen atoms in total. The first-order chi connectivity index (χ1) is 17.0. The first kappa shape index (κ1) is 23.5. The first-order valence-corrected chi connectivity index (χ1v) is 12.3. The lowest BCUT2D eigenvalue weighted by Gasteiger charge is -2.40. The second kappa shape index (κ2) is 10.1. The number of anilines is 1. The van der Waals surface area contributed by atoms with Crippen LogP contribution in [-0.2, 0) is 20.1 Å². The van der Waals surface area contributed by atoms with E-state index in [1.807, 2.05) is 56.7 Å². The third-order valence-electron chi connectivity index (χ3n) is 6.74. The van der Waals surface area contributed by atoms with Gasteiger partial charge in [-0.2, -0.15) is 0 Å². The summed E-state index contributed by atoms with van der Waals surface area (Å²) in [6, 6.07) is 14.1. The second-order valence-corrected chi connectivity index (χ2v) is 9.59. The molecule has 1 aliphatic rings. The molecular formula is C27H29ClN6O. The van der Waals surface area contributed by atoms with Crippen LogP contribution in [0.2, 0.25) is 5.28 Å². The minimum atomic E-state index is 0.102. The fraction of sp³-hybridized carbons (Fsp3) is 0.333. The standard InChI is InChI=1S/C27H29ClN6O/c1-19-14-20(9-11-29-19)15-34(17-21-16-32(2)24-8-4-3-7-23(24)26(21)35)22-6-5-13-33(18-22)25-10-12-30-27(28)31-25/h3-4,7-12,14,16,22H,5-6,13,15,17-18H2,1-2H3/t22-/m0/s1. The third kappa shape index (κ3) is 5.21. The summed E-state index contributed by atoms with van der Waals surface area (Å²) in [6.07, 6.45) is 7.62. The van der Waals surface area contributed by atoms with E-state index in [9.17, 15) is 4.79 Å². The van der Waals surface area contributed by atoms with Crippen molar-refractivity contribution in [3.8, 4) is 0 Å². The second-order valence-electron chi connectivity index (χ2n) is 9.25. The Bertz CT molecular complexity index is 1400. The molecule has 3 aromatic heterocycles. The van der Waals surface area contributed by atoms with E-state index in [1.165, 1.54) is 5.56 Å². The Morgan fingerprint density at radius 1 is 1.11 bits per heavy atom. The third-order valence-corrected chi connectivity index (χ3v) is 6.92. The number of hydrogen-bond acceptors (Lipinski definition) is 6. The lowest BCUT2D eigenvalue weighted by Crippen LogP contribution is -2.48. The number of aryl methyl sites for hydroxylation is 2. The molecule has 1 saturated heterocycles. The van der Waals surface area contributed by atoms with Gasteiger partial charge in [0.15, 0.2) is 5.43 Å². The van der Waals surface area contributed by atoms with Gasteiger partial charge in [0.1, 0.15) is 5.82 Å². The highest BCUT2D eigenvalue weighted by Crippen LogP contribution is 2.24. The average molecular weight is 489 g/mol. The van der Waals surface area contributed by atoms with Gasteiger partial charge in [0.25, 0.3) is 0 Å². The van der Waals surface area contributed by atoms with Crippen LogP contribution in [0.15, 0.2) is 65.8 Å². The molecule has 1 aliphatic heterocycles. The predicted molar refractivity (Wildman–Crippen MR) is 140 cm³/mol. The summed E-state index contributed by atoms with van der Waals surface area (Å²) in [5.41, 5.74) is 4.04. The summed E-state index contributed by atoms with van der Waals surface area (Å²) in [5.74, 6) is 0.844. The highest BCUT2D eigenvalue weighted by atomic mass is 35.5. The van der Waals surface area contributed by atoms with Gasteiger partial charge >= 0.3 is 0 Å². The van der Waals surface area contributed by atoms with Crippen molar-refractivity contribution in [3.63, 3.8) is 0 Å². The van der Waals surface area contributed by atoms with Gasteiger partial charge in [-0.15, -0.1) is 0 Å². The summed E-state index contributed by atoms with van der Waals surface area (Å²) in [7, 11) is 2.00. The Balaban J connectivity index is 1.48. The Morgan fingerprint density at radius 2 is 1.94 bits per heavy atom. The van der Waals surface area contributed by atoms with Gasteiger partial charge in [-0.1, -0.05) is 12.1 Å². The van der Waals surface area contributed by atoms with Crippen molar-refractivity contribution in [2.45, 2.75) is 38.9 Å². The van der Waals surface area contributed by atoms with Crippen LogP contribution in [0.1, 0.15) is 29.7 Å². The first-order valence-electron chi connectivity index (χ1n) is 11.9. The van der Waals surface area contributed by atoms with E-state index in [-0.39, 0.29) is 16.8 Å². The van der Waals surface area contributed by atoms with E-state index in [2.05, 4.69) is 41.5 Å².